The van der Waals surface area contributed by atoms with E-state index in [2.05, 4.69) is 41.5 Å². The minimum absolute atomic E-state index is 0. The van der Waals surface area contributed by atoms with Crippen LogP contribution in [-0.4, -0.2) is 14.7 Å². The van der Waals surface area contributed by atoms with Crippen LogP contribution in [-0.2, 0) is 22.3 Å². The zero-order valence-electron chi connectivity index (χ0n) is 20.9. The van der Waals surface area contributed by atoms with Crippen LogP contribution in [0.5, 0.6) is 0 Å². The Morgan fingerprint density at radius 1 is 0.882 bits per heavy atom. The second-order valence-corrected chi connectivity index (χ2v) is 11.2. The lowest BCUT2D eigenvalue weighted by molar-refractivity contribution is 0.266. The van der Waals surface area contributed by atoms with Gasteiger partial charge in [0.25, 0.3) is 0 Å². The lowest BCUT2D eigenvalue weighted by Gasteiger charge is -2.07. The molecule has 0 aromatic rings. The maximum atomic E-state index is 11.7. The van der Waals surface area contributed by atoms with E-state index < -0.39 is 23.7 Å². The fourth-order valence-corrected chi connectivity index (χ4v) is 5.23. The van der Waals surface area contributed by atoms with Crippen LogP contribution >= 0.6 is 23.7 Å². The van der Waals surface area contributed by atoms with Gasteiger partial charge < -0.3 is 29.5 Å². The molecule has 34 heavy (non-hydrogen) atoms. The molecule has 15 N–H and O–H groups in total. The Morgan fingerprint density at radius 3 is 1.82 bits per heavy atom. The van der Waals surface area contributed by atoms with Crippen LogP contribution in [0, 0.1) is 0 Å². The highest BCUT2D eigenvalue weighted by Gasteiger charge is 2.40. The number of hydrogen-bond acceptors (Lipinski definition) is 9. The average molecular weight is 552 g/mol. The Hall–Kier alpha value is -0.840. The summed E-state index contributed by atoms with van der Waals surface area (Å²) < 4.78 is 41.1. The molecule has 3 unspecified atom stereocenters. The van der Waals surface area contributed by atoms with Crippen LogP contribution < -0.4 is 24.6 Å². The van der Waals surface area contributed by atoms with E-state index in [4.69, 9.17) is 9.79 Å². The van der Waals surface area contributed by atoms with Gasteiger partial charge in [-0.1, -0.05) is 54.4 Å². The fraction of sp³-hybridized carbons (Fsp3) is 0.579. The molecular weight excluding hydrogens is 505 g/mol. The highest BCUT2D eigenvalue weighted by molar-refractivity contribution is 7.68. The van der Waals surface area contributed by atoms with Crippen LogP contribution in [0.15, 0.2) is 46.8 Å². The molecule has 0 fully saturated rings. The van der Waals surface area contributed by atoms with E-state index in [-0.39, 0.29) is 24.6 Å². The Labute approximate surface area is 205 Å². The molecule has 0 aliphatic heterocycles. The van der Waals surface area contributed by atoms with Gasteiger partial charge in [-0.3, -0.25) is 9.46 Å². The molecule has 0 bridgehead atoms. The Morgan fingerprint density at radius 2 is 1.35 bits per heavy atom. The summed E-state index contributed by atoms with van der Waals surface area (Å²) >= 11 is 0. The van der Waals surface area contributed by atoms with Gasteiger partial charge in [0, 0.05) is 10.4 Å². The monoisotopic (exact) mass is 551 g/mol. The Bertz CT molecular complexity index is 786. The maximum absolute atomic E-state index is 11.7. The average Bonchev–Trinajstić information content (AvgIpc) is 2.57. The van der Waals surface area contributed by atoms with Crippen molar-refractivity contribution < 1.29 is 37.0 Å². The molecule has 0 radical (unpaired) electrons. The van der Waals surface area contributed by atoms with Crippen molar-refractivity contribution in [2.45, 2.75) is 72.6 Å². The minimum Gasteiger partial charge on any atom is -0.344 e. The molecule has 0 saturated heterocycles. The Kier molecular flexibility index (Phi) is 28.8. The largest absolute Gasteiger partial charge is 0.705 e. The fourth-order valence-electron chi connectivity index (χ4n) is 2.43. The zero-order chi connectivity index (χ0) is 23.2. The number of phosphoric acid groups is 1. The first kappa shape index (κ1) is 43.2. The molecule has 204 valence electrons. The lowest BCUT2D eigenvalue weighted by atomic mass is 10.0. The molecule has 0 spiro atoms. The molecule has 0 aromatic carbocycles. The van der Waals surface area contributed by atoms with Crippen molar-refractivity contribution >= 4 is 23.7 Å². The van der Waals surface area contributed by atoms with E-state index in [1.54, 1.807) is 6.08 Å². The van der Waals surface area contributed by atoms with E-state index in [0.717, 1.165) is 37.7 Å². The summed E-state index contributed by atoms with van der Waals surface area (Å²) in [4.78, 5) is 27.0. The van der Waals surface area contributed by atoms with Gasteiger partial charge in [0.1, 0.15) is 0 Å². The highest BCUT2D eigenvalue weighted by atomic mass is 31.3. The van der Waals surface area contributed by atoms with Gasteiger partial charge in [0.2, 0.25) is 0 Å². The lowest BCUT2D eigenvalue weighted by Crippen LogP contribution is -1.87. The van der Waals surface area contributed by atoms with Gasteiger partial charge in [0.15, 0.2) is 0 Å². The third kappa shape index (κ3) is 25.8. The van der Waals surface area contributed by atoms with Gasteiger partial charge in [-0.2, -0.15) is 0 Å². The normalized spacial score (nSPS) is 16.2. The molecule has 15 heteroatoms. The first-order chi connectivity index (χ1) is 13.9. The second kappa shape index (κ2) is 22.6. The smallest absolute Gasteiger partial charge is 0.344 e. The number of unbranched alkanes of at least 4 members (excludes halogenated alkanes) is 1. The van der Waals surface area contributed by atoms with E-state index in [0.29, 0.717) is 5.82 Å². The van der Waals surface area contributed by atoms with E-state index in [1.165, 1.54) is 30.1 Å². The SMILES string of the molecule is CCCCC(C)=CCC/C(C)=C/CC/C(C)=C/C=C/P(=O)(O)OP(=O)(O)O[P+](=O)O.N.N.N.N. The van der Waals surface area contributed by atoms with Crippen molar-refractivity contribution in [2.24, 2.45) is 0 Å². The first-order valence-corrected chi connectivity index (χ1v) is 14.0. The van der Waals surface area contributed by atoms with Crippen molar-refractivity contribution in [2.75, 3.05) is 0 Å². The van der Waals surface area contributed by atoms with Gasteiger partial charge >= 0.3 is 23.7 Å². The number of allylic oxidation sites excluding steroid dienone is 7. The van der Waals surface area contributed by atoms with Gasteiger partial charge in [-0.05, 0) is 63.6 Å². The van der Waals surface area contributed by atoms with Crippen molar-refractivity contribution in [1.29, 1.82) is 0 Å². The topological polar surface area (TPSA) is 270 Å². The summed E-state index contributed by atoms with van der Waals surface area (Å²) in [5, 5.41) is 0. The summed E-state index contributed by atoms with van der Waals surface area (Å²) in [6.45, 7) is 8.32. The molecule has 3 atom stereocenters. The molecule has 0 rings (SSSR count). The van der Waals surface area contributed by atoms with Crippen LogP contribution in [0.1, 0.15) is 72.6 Å². The third-order valence-corrected chi connectivity index (χ3v) is 7.73. The van der Waals surface area contributed by atoms with Crippen molar-refractivity contribution in [3.63, 3.8) is 0 Å². The molecule has 0 aromatic heterocycles. The molecule has 0 saturated carbocycles. The molecule has 0 heterocycles. The summed E-state index contributed by atoms with van der Waals surface area (Å²) in [7, 11) is -13.2. The quantitative estimate of drug-likeness (QED) is 0.0585. The summed E-state index contributed by atoms with van der Waals surface area (Å²) in [6.07, 6.45) is 14.5. The minimum atomic E-state index is -5.12. The van der Waals surface area contributed by atoms with Gasteiger partial charge in [-0.15, -0.1) is 4.89 Å². The predicted molar refractivity (Wildman–Crippen MR) is 140 cm³/mol. The summed E-state index contributed by atoms with van der Waals surface area (Å²) in [5.74, 6) is 0.710. The molecule has 0 aliphatic rings. The number of rotatable bonds is 15. The number of hydrogen-bond donors (Lipinski definition) is 7. The van der Waals surface area contributed by atoms with Crippen LogP contribution in [0.25, 0.3) is 0 Å². The molecular formula is C19H46N4O8P3+. The van der Waals surface area contributed by atoms with Crippen LogP contribution in [0.4, 0.5) is 0 Å². The van der Waals surface area contributed by atoms with Crippen LogP contribution in [0.3, 0.4) is 0 Å². The highest BCUT2D eigenvalue weighted by Crippen LogP contribution is 2.63. The predicted octanol–water partition coefficient (Wildman–Crippen LogP) is 7.71. The Balaban J connectivity index is -0.000000701. The van der Waals surface area contributed by atoms with Crippen LogP contribution in [0.2, 0.25) is 0 Å². The third-order valence-electron chi connectivity index (χ3n) is 4.04. The van der Waals surface area contributed by atoms with Gasteiger partial charge in [0.05, 0.1) is 0 Å². The van der Waals surface area contributed by atoms with Crippen molar-refractivity contribution in [3.8, 4) is 0 Å². The van der Waals surface area contributed by atoms with E-state index >= 15 is 0 Å². The second-order valence-electron chi connectivity index (χ2n) is 7.07. The first-order valence-electron chi connectivity index (χ1n) is 9.75. The standard InChI is InChI=1S/C19H33O8P3.4H3N/c1-5-6-10-17(2)11-7-12-18(3)13-8-14-19(4)15-9-16-29(22,23)27-30(24,25)26-28(20)21;;;;/h9,11,13,15-16H,5-8,10,12,14H2,1-4H3,(H2-,20,21,22,23,24,25);4*1H3/p+1/b16-9+,17-11?,18-13+,19-15+;;;;. The maximum Gasteiger partial charge on any atom is 0.705 e. The van der Waals surface area contributed by atoms with E-state index in [1.807, 2.05) is 6.92 Å². The molecule has 0 amide bonds. The molecule has 0 aliphatic carbocycles. The van der Waals surface area contributed by atoms with Crippen molar-refractivity contribution in [3.05, 3.63) is 46.8 Å². The summed E-state index contributed by atoms with van der Waals surface area (Å²) in [6, 6.07) is 0. The summed E-state index contributed by atoms with van der Waals surface area (Å²) in [5.41, 5.74) is 3.69. The van der Waals surface area contributed by atoms with Crippen molar-refractivity contribution in [1.82, 2.24) is 24.6 Å². The zero-order valence-corrected chi connectivity index (χ0v) is 23.6. The van der Waals surface area contributed by atoms with Gasteiger partial charge in [-0.25, -0.2) is 8.88 Å². The van der Waals surface area contributed by atoms with E-state index in [9.17, 15) is 18.6 Å². The molecule has 12 nitrogen and oxygen atoms in total.